The van der Waals surface area contributed by atoms with Crippen LogP contribution < -0.4 is 5.32 Å². The smallest absolute Gasteiger partial charge is 0.292 e. The van der Waals surface area contributed by atoms with E-state index in [1.54, 1.807) is 24.4 Å². The van der Waals surface area contributed by atoms with Crippen molar-refractivity contribution in [3.05, 3.63) is 52.6 Å². The number of rotatable bonds is 4. The molecule has 5 rings (SSSR count). The zero-order valence-electron chi connectivity index (χ0n) is 19.9. The Hall–Kier alpha value is -3.06. The average molecular weight is 532 g/mol. The number of hydrogen-bond donors (Lipinski definition) is 2. The first-order chi connectivity index (χ1) is 17.2. The first-order valence-corrected chi connectivity index (χ1v) is 13.3. The van der Waals surface area contributed by atoms with Crippen LogP contribution in [0.5, 0.6) is 0 Å². The molecule has 0 aliphatic carbocycles. The predicted octanol–water partition coefficient (Wildman–Crippen LogP) is 0.860. The molecule has 4 heterocycles. The number of aromatic nitrogens is 3. The number of nitrogens with one attached hydrogen (secondary N) is 2. The predicted molar refractivity (Wildman–Crippen MR) is 133 cm³/mol. The van der Waals surface area contributed by atoms with Crippen LogP contribution in [0.2, 0.25) is 5.02 Å². The van der Waals surface area contributed by atoms with Gasteiger partial charge in [-0.25, -0.2) is 18.4 Å². The van der Waals surface area contributed by atoms with Gasteiger partial charge in [0, 0.05) is 73.9 Å². The Kier molecular flexibility index (Phi) is 6.45. The van der Waals surface area contributed by atoms with Crippen molar-refractivity contribution < 1.29 is 18.0 Å². The molecule has 11 nitrogen and oxygen atoms in total. The highest BCUT2D eigenvalue weighted by molar-refractivity contribution is 7.89. The molecule has 3 aromatic rings. The monoisotopic (exact) mass is 531 g/mol. The topological polar surface area (TPSA) is 132 Å². The third kappa shape index (κ3) is 4.45. The van der Waals surface area contributed by atoms with Crippen LogP contribution in [0.1, 0.15) is 21.9 Å². The Balaban J connectivity index is 1.40. The lowest BCUT2D eigenvalue weighted by atomic mass is 10.1. The molecule has 2 aliphatic rings. The molecule has 2 N–H and O–H groups in total. The number of halogens is 1. The van der Waals surface area contributed by atoms with E-state index in [4.69, 9.17) is 11.6 Å². The van der Waals surface area contributed by atoms with Gasteiger partial charge < -0.3 is 20.1 Å². The summed E-state index contributed by atoms with van der Waals surface area (Å²) in [5, 5.41) is 3.70. The first-order valence-electron chi connectivity index (χ1n) is 11.5. The largest absolute Gasteiger partial charge is 0.357 e. The minimum atomic E-state index is -3.96. The van der Waals surface area contributed by atoms with Gasteiger partial charge in [0.2, 0.25) is 11.7 Å². The average Bonchev–Trinajstić information content (AvgIpc) is 3.31. The number of amides is 2. The fraction of sp³-hybridized carbons (Fsp3) is 0.391. The SMILES string of the molecule is CNC(=O)C1CN(S(=O)(=O)c2cc3cc(Cl)ccc3[nH]2)CCN1C(=O)c1ncc2c(n1)CCN(C)C2. The maximum atomic E-state index is 13.4. The normalized spacial score (nSPS) is 19.3. The highest BCUT2D eigenvalue weighted by atomic mass is 35.5. The van der Waals surface area contributed by atoms with E-state index in [2.05, 4.69) is 25.2 Å². The number of carbonyl (C=O) groups excluding carboxylic acids is 2. The van der Waals surface area contributed by atoms with Gasteiger partial charge in [-0.2, -0.15) is 4.31 Å². The molecule has 0 radical (unpaired) electrons. The molecule has 1 fully saturated rings. The molecule has 36 heavy (non-hydrogen) atoms. The van der Waals surface area contributed by atoms with Crippen molar-refractivity contribution in [3.8, 4) is 0 Å². The fourth-order valence-corrected chi connectivity index (χ4v) is 6.29. The van der Waals surface area contributed by atoms with Crippen molar-refractivity contribution in [3.63, 3.8) is 0 Å². The Morgan fingerprint density at radius 2 is 2.00 bits per heavy atom. The molecular formula is C23H26ClN7O4S. The maximum Gasteiger partial charge on any atom is 0.292 e. The molecule has 190 valence electrons. The molecule has 0 bridgehead atoms. The van der Waals surface area contributed by atoms with Gasteiger partial charge in [0.05, 0.1) is 5.69 Å². The summed E-state index contributed by atoms with van der Waals surface area (Å²) in [7, 11) is -0.503. The van der Waals surface area contributed by atoms with Gasteiger partial charge in [-0.15, -0.1) is 0 Å². The maximum absolute atomic E-state index is 13.4. The van der Waals surface area contributed by atoms with E-state index in [1.165, 1.54) is 22.3 Å². The van der Waals surface area contributed by atoms with Gasteiger partial charge in [0.15, 0.2) is 0 Å². The second-order valence-corrected chi connectivity index (χ2v) is 11.4. The van der Waals surface area contributed by atoms with Crippen LogP contribution in [0.15, 0.2) is 35.5 Å². The van der Waals surface area contributed by atoms with E-state index in [0.29, 0.717) is 28.9 Å². The second kappa shape index (κ2) is 9.43. The number of benzene rings is 1. The van der Waals surface area contributed by atoms with E-state index in [1.807, 2.05) is 7.05 Å². The van der Waals surface area contributed by atoms with Crippen LogP contribution >= 0.6 is 11.6 Å². The van der Waals surface area contributed by atoms with Crippen molar-refractivity contribution >= 4 is 44.3 Å². The summed E-state index contributed by atoms with van der Waals surface area (Å²) in [6.45, 7) is 1.38. The molecule has 2 aromatic heterocycles. The summed E-state index contributed by atoms with van der Waals surface area (Å²) >= 11 is 6.03. The molecule has 1 unspecified atom stereocenters. The number of carbonyl (C=O) groups is 2. The zero-order chi connectivity index (χ0) is 25.6. The van der Waals surface area contributed by atoms with Crippen LogP contribution in [-0.2, 0) is 27.8 Å². The molecule has 2 aliphatic heterocycles. The molecule has 1 atom stereocenters. The number of likely N-dealkylation sites (N-methyl/N-ethyl adjacent to an activating group) is 2. The summed E-state index contributed by atoms with van der Waals surface area (Å²) in [4.78, 5) is 41.3. The van der Waals surface area contributed by atoms with Crippen molar-refractivity contribution in [2.45, 2.75) is 24.0 Å². The van der Waals surface area contributed by atoms with E-state index < -0.39 is 27.9 Å². The third-order valence-electron chi connectivity index (χ3n) is 6.64. The van der Waals surface area contributed by atoms with Gasteiger partial charge in [-0.3, -0.25) is 9.59 Å². The van der Waals surface area contributed by atoms with Crippen molar-refractivity contribution in [2.24, 2.45) is 0 Å². The summed E-state index contributed by atoms with van der Waals surface area (Å²) in [5.41, 5.74) is 2.42. The van der Waals surface area contributed by atoms with Gasteiger partial charge >= 0.3 is 0 Å². The van der Waals surface area contributed by atoms with Gasteiger partial charge in [0.25, 0.3) is 15.9 Å². The lowest BCUT2D eigenvalue weighted by Crippen LogP contribution is -2.61. The molecular weight excluding hydrogens is 506 g/mol. The van der Waals surface area contributed by atoms with E-state index >= 15 is 0 Å². The summed E-state index contributed by atoms with van der Waals surface area (Å²) in [6, 6.07) is 5.53. The van der Waals surface area contributed by atoms with Gasteiger partial charge in [0.1, 0.15) is 11.1 Å². The number of H-pyrrole nitrogens is 1. The zero-order valence-corrected chi connectivity index (χ0v) is 21.4. The highest BCUT2D eigenvalue weighted by Gasteiger charge is 2.41. The van der Waals surface area contributed by atoms with Crippen LogP contribution in [0, 0.1) is 0 Å². The van der Waals surface area contributed by atoms with Crippen LogP contribution in [0.4, 0.5) is 0 Å². The molecule has 0 spiro atoms. The molecule has 2 amide bonds. The van der Waals surface area contributed by atoms with E-state index in [-0.39, 0.29) is 30.5 Å². The van der Waals surface area contributed by atoms with Crippen molar-refractivity contribution in [2.75, 3.05) is 40.3 Å². The Labute approximate surface area is 213 Å². The number of aromatic amines is 1. The fourth-order valence-electron chi connectivity index (χ4n) is 4.65. The molecule has 1 saturated heterocycles. The quantitative estimate of drug-likeness (QED) is 0.510. The Bertz CT molecular complexity index is 1460. The Morgan fingerprint density at radius 3 is 2.78 bits per heavy atom. The molecule has 13 heteroatoms. The lowest BCUT2D eigenvalue weighted by Gasteiger charge is -2.39. The number of piperazine rings is 1. The minimum Gasteiger partial charge on any atom is -0.357 e. The summed E-state index contributed by atoms with van der Waals surface area (Å²) < 4.78 is 28.1. The van der Waals surface area contributed by atoms with Crippen LogP contribution in [0.25, 0.3) is 10.9 Å². The van der Waals surface area contributed by atoms with Crippen molar-refractivity contribution in [1.29, 1.82) is 0 Å². The first kappa shape index (κ1) is 24.6. The highest BCUT2D eigenvalue weighted by Crippen LogP contribution is 2.26. The van der Waals surface area contributed by atoms with Crippen LogP contribution in [0.3, 0.4) is 0 Å². The molecule has 0 saturated carbocycles. The Morgan fingerprint density at radius 1 is 1.19 bits per heavy atom. The second-order valence-electron chi connectivity index (χ2n) is 9.01. The van der Waals surface area contributed by atoms with E-state index in [0.717, 1.165) is 17.8 Å². The number of nitrogens with zero attached hydrogens (tertiary/aromatic N) is 5. The number of hydrogen-bond acceptors (Lipinski definition) is 7. The van der Waals surface area contributed by atoms with Crippen molar-refractivity contribution in [1.82, 2.24) is 34.4 Å². The third-order valence-corrected chi connectivity index (χ3v) is 8.67. The summed E-state index contributed by atoms with van der Waals surface area (Å²) in [5.74, 6) is -0.954. The van der Waals surface area contributed by atoms with Gasteiger partial charge in [-0.05, 0) is 31.3 Å². The van der Waals surface area contributed by atoms with E-state index in [9.17, 15) is 18.0 Å². The van der Waals surface area contributed by atoms with Gasteiger partial charge in [-0.1, -0.05) is 11.6 Å². The molecule has 1 aromatic carbocycles. The number of sulfonamides is 1. The number of fused-ring (bicyclic) bond motifs is 2. The lowest BCUT2D eigenvalue weighted by molar-refractivity contribution is -0.126. The van der Waals surface area contributed by atoms with Crippen LogP contribution in [-0.4, -0.2) is 95.6 Å². The summed E-state index contributed by atoms with van der Waals surface area (Å²) in [6.07, 6.45) is 2.36. The standard InChI is InChI=1S/C23H26ClN7O4S/c1-25-22(32)19-13-30(36(34,35)20-10-14-9-16(24)3-4-17(14)27-20)7-8-31(19)23(33)21-26-11-15-12-29(2)6-5-18(15)28-21/h3-4,9-11,19,27H,5-8,12-13H2,1-2H3,(H,25,32). The minimum absolute atomic E-state index is 0.00168.